The second-order valence-electron chi connectivity index (χ2n) is 4.01. The molecule has 0 aliphatic rings. The summed E-state index contributed by atoms with van der Waals surface area (Å²) in [5.74, 6) is -0.694. The molecule has 1 amide bonds. The second kappa shape index (κ2) is 8.18. The van der Waals surface area contributed by atoms with E-state index in [4.69, 9.17) is 23.2 Å². The number of hydroxylamine groups is 1. The van der Waals surface area contributed by atoms with Gasteiger partial charge in [-0.3, -0.25) is 9.36 Å². The second-order valence-corrected chi connectivity index (χ2v) is 7.54. The number of hydrogen-bond donors (Lipinski definition) is 2. The van der Waals surface area contributed by atoms with Gasteiger partial charge in [0.2, 0.25) is 0 Å². The first kappa shape index (κ1) is 17.9. The molecule has 0 aromatic rings. The fraction of sp³-hybridized carbons (Fsp3) is 0.700. The molecule has 0 bridgehead atoms. The SMILES string of the molecule is C=CC(=O)NOP(=O)(O)C(CC(C)Cl)CC(C)Cl. The molecule has 0 aliphatic carbocycles. The Bertz CT molecular complexity index is 326. The molecular weight excluding hydrogens is 300 g/mol. The van der Waals surface area contributed by atoms with Crippen LogP contribution in [0.25, 0.3) is 0 Å². The van der Waals surface area contributed by atoms with Crippen LogP contribution in [0.15, 0.2) is 12.7 Å². The fourth-order valence-electron chi connectivity index (χ4n) is 1.34. The first-order valence-electron chi connectivity index (χ1n) is 5.40. The van der Waals surface area contributed by atoms with Crippen molar-refractivity contribution in [3.8, 4) is 0 Å². The third kappa shape index (κ3) is 7.39. The van der Waals surface area contributed by atoms with Crippen LogP contribution < -0.4 is 5.48 Å². The molecule has 0 saturated carbocycles. The highest BCUT2D eigenvalue weighted by molar-refractivity contribution is 7.53. The number of rotatable bonds is 8. The molecule has 0 saturated heterocycles. The Morgan fingerprint density at radius 3 is 2.22 bits per heavy atom. The van der Waals surface area contributed by atoms with Gasteiger partial charge in [0.1, 0.15) is 0 Å². The van der Waals surface area contributed by atoms with Crippen LogP contribution in [0, 0.1) is 0 Å². The molecule has 106 valence electrons. The third-order valence-corrected chi connectivity index (χ3v) is 4.17. The molecule has 0 spiro atoms. The van der Waals surface area contributed by atoms with Crippen LogP contribution in [0.2, 0.25) is 0 Å². The maximum absolute atomic E-state index is 12.0. The van der Waals surface area contributed by atoms with E-state index in [-0.39, 0.29) is 23.6 Å². The van der Waals surface area contributed by atoms with Gasteiger partial charge in [-0.1, -0.05) is 6.58 Å². The quantitative estimate of drug-likeness (QED) is 0.312. The Balaban J connectivity index is 4.67. The zero-order valence-corrected chi connectivity index (χ0v) is 12.7. The van der Waals surface area contributed by atoms with E-state index in [1.54, 1.807) is 13.8 Å². The summed E-state index contributed by atoms with van der Waals surface area (Å²) in [6, 6.07) is 0. The first-order chi connectivity index (χ1) is 8.19. The minimum atomic E-state index is -4.03. The van der Waals surface area contributed by atoms with E-state index in [1.807, 2.05) is 5.48 Å². The summed E-state index contributed by atoms with van der Waals surface area (Å²) in [7, 11) is -4.03. The summed E-state index contributed by atoms with van der Waals surface area (Å²) in [6.07, 6.45) is 1.45. The lowest BCUT2D eigenvalue weighted by Gasteiger charge is -2.23. The largest absolute Gasteiger partial charge is 0.352 e. The molecule has 0 aliphatic heterocycles. The van der Waals surface area contributed by atoms with Crippen molar-refractivity contribution >= 4 is 36.7 Å². The van der Waals surface area contributed by atoms with Gasteiger partial charge < -0.3 is 4.89 Å². The summed E-state index contributed by atoms with van der Waals surface area (Å²) >= 11 is 11.6. The lowest BCUT2D eigenvalue weighted by molar-refractivity contribution is -0.123. The van der Waals surface area contributed by atoms with Crippen molar-refractivity contribution in [3.05, 3.63) is 12.7 Å². The summed E-state index contributed by atoms with van der Waals surface area (Å²) in [6.45, 7) is 6.61. The van der Waals surface area contributed by atoms with Gasteiger partial charge in [-0.15, -0.1) is 23.2 Å². The van der Waals surface area contributed by atoms with E-state index in [2.05, 4.69) is 11.2 Å². The van der Waals surface area contributed by atoms with E-state index >= 15 is 0 Å². The summed E-state index contributed by atoms with van der Waals surface area (Å²) in [4.78, 5) is 20.7. The molecule has 0 aromatic heterocycles. The zero-order chi connectivity index (χ0) is 14.3. The predicted molar refractivity (Wildman–Crippen MR) is 72.9 cm³/mol. The van der Waals surface area contributed by atoms with Crippen LogP contribution >= 0.6 is 30.8 Å². The molecule has 18 heavy (non-hydrogen) atoms. The van der Waals surface area contributed by atoms with Gasteiger partial charge in [-0.2, -0.15) is 4.62 Å². The van der Waals surface area contributed by atoms with Crippen LogP contribution in [0.5, 0.6) is 0 Å². The van der Waals surface area contributed by atoms with E-state index in [0.717, 1.165) is 6.08 Å². The number of carbonyl (C=O) groups excluding carboxylic acids is 1. The van der Waals surface area contributed by atoms with Crippen LogP contribution in [-0.4, -0.2) is 27.2 Å². The first-order valence-corrected chi connectivity index (χ1v) is 7.92. The number of halogens is 2. The highest BCUT2D eigenvalue weighted by Crippen LogP contribution is 2.51. The maximum Gasteiger partial charge on any atom is 0.352 e. The zero-order valence-electron chi connectivity index (χ0n) is 10.3. The molecule has 0 rings (SSSR count). The van der Waals surface area contributed by atoms with Crippen LogP contribution in [0.1, 0.15) is 26.7 Å². The predicted octanol–water partition coefficient (Wildman–Crippen LogP) is 2.81. The monoisotopic (exact) mass is 317 g/mol. The minimum Gasteiger partial charge on any atom is -0.323 e. The standard InChI is InChI=1S/C10H18Cl2NO4P/c1-4-10(14)13-17-18(15,16)9(5-7(2)11)6-8(3)12/h4,7-9H,1,5-6H2,2-3H3,(H,13,14)(H,15,16). The highest BCUT2D eigenvalue weighted by Gasteiger charge is 2.35. The lowest BCUT2D eigenvalue weighted by Crippen LogP contribution is -2.25. The molecule has 0 radical (unpaired) electrons. The van der Waals surface area contributed by atoms with Gasteiger partial charge in [0.25, 0.3) is 5.91 Å². The normalized spacial score (nSPS) is 19.4. The van der Waals surface area contributed by atoms with Gasteiger partial charge in [0, 0.05) is 10.8 Å². The average Bonchev–Trinajstić information content (AvgIpc) is 2.23. The number of nitrogens with one attached hydrogen (secondary N) is 1. The topological polar surface area (TPSA) is 75.6 Å². The van der Waals surface area contributed by atoms with Crippen molar-refractivity contribution < 1.29 is 18.9 Å². The lowest BCUT2D eigenvalue weighted by atomic mass is 10.1. The van der Waals surface area contributed by atoms with Crippen molar-refractivity contribution in [2.45, 2.75) is 43.1 Å². The maximum atomic E-state index is 12.0. The van der Waals surface area contributed by atoms with Gasteiger partial charge in [-0.05, 0) is 32.8 Å². The van der Waals surface area contributed by atoms with Gasteiger partial charge in [0.05, 0.1) is 5.66 Å². The van der Waals surface area contributed by atoms with Crippen molar-refractivity contribution in [2.75, 3.05) is 0 Å². The third-order valence-electron chi connectivity index (χ3n) is 2.12. The molecule has 3 unspecified atom stereocenters. The molecule has 8 heteroatoms. The molecular formula is C10H18Cl2NO4P. The van der Waals surface area contributed by atoms with Crippen LogP contribution in [0.3, 0.4) is 0 Å². The number of hydrogen-bond acceptors (Lipinski definition) is 3. The van der Waals surface area contributed by atoms with Crippen LogP contribution in [-0.2, 0) is 14.0 Å². The Morgan fingerprint density at radius 1 is 1.44 bits per heavy atom. The van der Waals surface area contributed by atoms with Crippen LogP contribution in [0.4, 0.5) is 0 Å². The minimum absolute atomic E-state index is 0.260. The van der Waals surface area contributed by atoms with E-state index < -0.39 is 19.2 Å². The number of alkyl halides is 2. The Labute approximate surface area is 117 Å². The Kier molecular flexibility index (Phi) is 8.15. The van der Waals surface area contributed by atoms with Gasteiger partial charge >= 0.3 is 7.60 Å². The van der Waals surface area contributed by atoms with Crippen molar-refractivity contribution in [2.24, 2.45) is 0 Å². The number of amides is 1. The van der Waals surface area contributed by atoms with Gasteiger partial charge in [-0.25, -0.2) is 5.48 Å². The van der Waals surface area contributed by atoms with E-state index in [9.17, 15) is 14.3 Å². The molecule has 5 nitrogen and oxygen atoms in total. The van der Waals surface area contributed by atoms with Crippen molar-refractivity contribution in [1.29, 1.82) is 0 Å². The molecule has 3 atom stereocenters. The van der Waals surface area contributed by atoms with E-state index in [0.29, 0.717) is 0 Å². The smallest absolute Gasteiger partial charge is 0.323 e. The summed E-state index contributed by atoms with van der Waals surface area (Å²) in [5.41, 5.74) is 1.11. The highest BCUT2D eigenvalue weighted by atomic mass is 35.5. The van der Waals surface area contributed by atoms with Crippen molar-refractivity contribution in [1.82, 2.24) is 5.48 Å². The fourth-order valence-corrected chi connectivity index (χ4v) is 3.55. The average molecular weight is 318 g/mol. The molecule has 2 N–H and O–H groups in total. The molecule has 0 aromatic carbocycles. The summed E-state index contributed by atoms with van der Waals surface area (Å²) in [5, 5.41) is -0.603. The molecule has 0 heterocycles. The molecule has 0 fully saturated rings. The Hall–Kier alpha value is -0.0600. The summed E-state index contributed by atoms with van der Waals surface area (Å²) < 4.78 is 16.5. The van der Waals surface area contributed by atoms with E-state index in [1.165, 1.54) is 0 Å². The van der Waals surface area contributed by atoms with Gasteiger partial charge in [0.15, 0.2) is 0 Å². The number of carbonyl (C=O) groups is 1. The Morgan fingerprint density at radius 2 is 1.89 bits per heavy atom. The van der Waals surface area contributed by atoms with Crippen molar-refractivity contribution in [3.63, 3.8) is 0 Å².